The zero-order valence-corrected chi connectivity index (χ0v) is 17.2. The van der Waals surface area contributed by atoms with Crippen molar-refractivity contribution >= 4 is 16.9 Å². The molecular weight excluding hydrogens is 374 g/mol. The molecule has 0 bridgehead atoms. The first-order chi connectivity index (χ1) is 14.7. The fraction of sp³-hybridized carbons (Fsp3) is 0.360. The largest absolute Gasteiger partial charge is 0.491 e. The number of imidazole rings is 1. The number of fused-ring (bicyclic) bond motifs is 1. The normalized spacial score (nSPS) is 18.9. The van der Waals surface area contributed by atoms with E-state index >= 15 is 0 Å². The van der Waals surface area contributed by atoms with E-state index in [0.29, 0.717) is 25.6 Å². The average Bonchev–Trinajstić information content (AvgIpc) is 3.43. The summed E-state index contributed by atoms with van der Waals surface area (Å²) >= 11 is 0. The van der Waals surface area contributed by atoms with Crippen LogP contribution in [0.4, 0.5) is 0 Å². The summed E-state index contributed by atoms with van der Waals surface area (Å²) in [7, 11) is 0. The van der Waals surface area contributed by atoms with Gasteiger partial charge >= 0.3 is 0 Å². The number of para-hydroxylation sites is 3. The summed E-state index contributed by atoms with van der Waals surface area (Å²) in [6.45, 7) is 5.88. The summed E-state index contributed by atoms with van der Waals surface area (Å²) in [6.07, 6.45) is 5.53. The van der Waals surface area contributed by atoms with E-state index in [2.05, 4.69) is 28.2 Å². The zero-order chi connectivity index (χ0) is 20.5. The lowest BCUT2D eigenvalue weighted by molar-refractivity contribution is -0.128. The van der Waals surface area contributed by atoms with Gasteiger partial charge in [0.15, 0.2) is 0 Å². The molecule has 0 spiro atoms. The van der Waals surface area contributed by atoms with Crippen LogP contribution in [0.15, 0.2) is 61.2 Å². The molecule has 154 valence electrons. The van der Waals surface area contributed by atoms with Gasteiger partial charge in [-0.25, -0.2) is 4.98 Å². The van der Waals surface area contributed by atoms with Gasteiger partial charge in [-0.3, -0.25) is 4.79 Å². The molecule has 3 aromatic rings. The predicted octanol–water partition coefficient (Wildman–Crippen LogP) is 4.32. The maximum absolute atomic E-state index is 12.5. The van der Waals surface area contributed by atoms with Crippen LogP contribution < -0.4 is 4.74 Å². The lowest BCUT2D eigenvalue weighted by Gasteiger charge is -2.17. The first-order valence-electron chi connectivity index (χ1n) is 10.8. The highest BCUT2D eigenvalue weighted by Gasteiger charge is 2.41. The average molecular weight is 402 g/mol. The van der Waals surface area contributed by atoms with Crippen molar-refractivity contribution in [1.82, 2.24) is 14.5 Å². The molecule has 1 atom stereocenters. The highest BCUT2D eigenvalue weighted by Crippen LogP contribution is 2.37. The maximum Gasteiger partial charge on any atom is 0.223 e. The smallest absolute Gasteiger partial charge is 0.223 e. The van der Waals surface area contributed by atoms with Crippen molar-refractivity contribution in [3.05, 3.63) is 72.6 Å². The summed E-state index contributed by atoms with van der Waals surface area (Å²) in [5.74, 6) is 2.34. The number of ether oxygens (including phenoxy) is 1. The summed E-state index contributed by atoms with van der Waals surface area (Å²) in [5, 5.41) is 0. The molecule has 2 aromatic carbocycles. The molecule has 1 unspecified atom stereocenters. The minimum absolute atomic E-state index is 0.151. The Morgan fingerprint density at radius 1 is 1.13 bits per heavy atom. The molecule has 2 fully saturated rings. The standard InChI is InChI=1S/C25H27N3O2/c1-2-7-18-8-3-6-11-23(18)30-15-14-27-22-10-5-4-9-21(22)26-25(27)19-16-24(29)28(17-19)20-12-13-20/h2-6,8-11,19-20H,1,7,12-17H2. The van der Waals surface area contributed by atoms with E-state index in [1.54, 1.807) is 0 Å². The Balaban J connectivity index is 1.38. The molecule has 5 rings (SSSR count). The first-order valence-corrected chi connectivity index (χ1v) is 10.8. The molecule has 2 aliphatic rings. The third-order valence-electron chi connectivity index (χ3n) is 6.10. The van der Waals surface area contributed by atoms with Crippen LogP contribution in [0.25, 0.3) is 11.0 Å². The lowest BCUT2D eigenvalue weighted by atomic mass is 10.1. The third kappa shape index (κ3) is 3.60. The molecule has 1 amide bonds. The SMILES string of the molecule is C=CCc1ccccc1OCCn1c(C2CC(=O)N(C3CC3)C2)nc2ccccc21. The summed E-state index contributed by atoms with van der Waals surface area (Å²) in [4.78, 5) is 19.5. The first kappa shape index (κ1) is 18.9. The van der Waals surface area contributed by atoms with Crippen LogP contribution in [0.1, 0.15) is 36.6 Å². The van der Waals surface area contributed by atoms with E-state index in [1.807, 2.05) is 42.5 Å². The Morgan fingerprint density at radius 3 is 2.77 bits per heavy atom. The van der Waals surface area contributed by atoms with Crippen LogP contribution in [0.3, 0.4) is 0 Å². The van der Waals surface area contributed by atoms with Crippen molar-refractivity contribution in [1.29, 1.82) is 0 Å². The molecule has 1 aliphatic carbocycles. The van der Waals surface area contributed by atoms with Crippen LogP contribution in [-0.4, -0.2) is 39.6 Å². The molecule has 30 heavy (non-hydrogen) atoms. The van der Waals surface area contributed by atoms with Crippen LogP contribution in [0.2, 0.25) is 0 Å². The predicted molar refractivity (Wildman–Crippen MR) is 118 cm³/mol. The third-order valence-corrected chi connectivity index (χ3v) is 6.10. The number of carbonyl (C=O) groups is 1. The second-order valence-corrected chi connectivity index (χ2v) is 8.24. The number of benzene rings is 2. The van der Waals surface area contributed by atoms with E-state index in [4.69, 9.17) is 9.72 Å². The van der Waals surface area contributed by atoms with Crippen LogP contribution in [0, 0.1) is 0 Å². The number of allylic oxidation sites excluding steroid dienone is 1. The zero-order valence-electron chi connectivity index (χ0n) is 17.2. The number of carbonyl (C=O) groups excluding carboxylic acids is 1. The molecule has 1 aromatic heterocycles. The lowest BCUT2D eigenvalue weighted by Crippen LogP contribution is -2.27. The molecule has 5 heteroatoms. The van der Waals surface area contributed by atoms with Gasteiger partial charge in [0.05, 0.1) is 17.6 Å². The number of aromatic nitrogens is 2. The number of nitrogens with zero attached hydrogens (tertiary/aromatic N) is 3. The number of likely N-dealkylation sites (tertiary alicyclic amines) is 1. The second kappa shape index (κ2) is 7.98. The van der Waals surface area contributed by atoms with Crippen LogP contribution in [0.5, 0.6) is 5.75 Å². The quantitative estimate of drug-likeness (QED) is 0.528. The molecule has 1 saturated heterocycles. The minimum atomic E-state index is 0.151. The molecule has 1 aliphatic heterocycles. The fourth-order valence-corrected chi connectivity index (χ4v) is 4.50. The molecule has 1 saturated carbocycles. The highest BCUT2D eigenvalue weighted by atomic mass is 16.5. The molecule has 0 radical (unpaired) electrons. The Labute approximate surface area is 177 Å². The topological polar surface area (TPSA) is 47.4 Å². The van der Waals surface area contributed by atoms with Gasteiger partial charge in [-0.15, -0.1) is 6.58 Å². The number of rotatable bonds is 8. The molecule has 5 nitrogen and oxygen atoms in total. The van der Waals surface area contributed by atoms with E-state index in [-0.39, 0.29) is 11.8 Å². The molecule has 0 N–H and O–H groups in total. The van der Waals surface area contributed by atoms with Gasteiger partial charge in [-0.2, -0.15) is 0 Å². The fourth-order valence-electron chi connectivity index (χ4n) is 4.50. The van der Waals surface area contributed by atoms with Crippen molar-refractivity contribution in [2.75, 3.05) is 13.2 Å². The van der Waals surface area contributed by atoms with Crippen molar-refractivity contribution in [3.8, 4) is 5.75 Å². The number of amides is 1. The summed E-state index contributed by atoms with van der Waals surface area (Å²) in [5.41, 5.74) is 3.23. The van der Waals surface area contributed by atoms with E-state index in [0.717, 1.165) is 54.0 Å². The van der Waals surface area contributed by atoms with Gasteiger partial charge in [-0.05, 0) is 43.0 Å². The Kier molecular flexibility index (Phi) is 5.03. The highest BCUT2D eigenvalue weighted by molar-refractivity contribution is 5.81. The van der Waals surface area contributed by atoms with Crippen LogP contribution >= 0.6 is 0 Å². The Bertz CT molecular complexity index is 1080. The Hall–Kier alpha value is -3.08. The van der Waals surface area contributed by atoms with Crippen molar-refractivity contribution in [3.63, 3.8) is 0 Å². The van der Waals surface area contributed by atoms with Gasteiger partial charge in [0, 0.05) is 24.9 Å². The van der Waals surface area contributed by atoms with Gasteiger partial charge in [-0.1, -0.05) is 36.4 Å². The molecular formula is C25H27N3O2. The van der Waals surface area contributed by atoms with Crippen molar-refractivity contribution in [2.24, 2.45) is 0 Å². The van der Waals surface area contributed by atoms with Gasteiger partial charge in [0.2, 0.25) is 5.91 Å². The minimum Gasteiger partial charge on any atom is -0.491 e. The summed E-state index contributed by atoms with van der Waals surface area (Å²) < 4.78 is 8.40. The van der Waals surface area contributed by atoms with Crippen molar-refractivity contribution < 1.29 is 9.53 Å². The number of hydrogen-bond donors (Lipinski definition) is 0. The van der Waals surface area contributed by atoms with Crippen molar-refractivity contribution in [2.45, 2.75) is 44.2 Å². The van der Waals surface area contributed by atoms with E-state index in [9.17, 15) is 4.79 Å². The monoisotopic (exact) mass is 401 g/mol. The van der Waals surface area contributed by atoms with Crippen LogP contribution in [-0.2, 0) is 17.8 Å². The Morgan fingerprint density at radius 2 is 1.93 bits per heavy atom. The maximum atomic E-state index is 12.5. The number of hydrogen-bond acceptors (Lipinski definition) is 3. The second-order valence-electron chi connectivity index (χ2n) is 8.24. The van der Waals surface area contributed by atoms with E-state index < -0.39 is 0 Å². The van der Waals surface area contributed by atoms with E-state index in [1.165, 1.54) is 0 Å². The summed E-state index contributed by atoms with van der Waals surface area (Å²) in [6, 6.07) is 16.8. The van der Waals surface area contributed by atoms with Gasteiger partial charge in [0.1, 0.15) is 18.2 Å². The molecule has 2 heterocycles. The van der Waals surface area contributed by atoms with Gasteiger partial charge < -0.3 is 14.2 Å². The van der Waals surface area contributed by atoms with Gasteiger partial charge in [0.25, 0.3) is 0 Å².